The van der Waals surface area contributed by atoms with Gasteiger partial charge in [0.2, 0.25) is 0 Å². The van der Waals surface area contributed by atoms with E-state index in [1.165, 1.54) is 0 Å². The molecule has 1 aromatic carbocycles. The van der Waals surface area contributed by atoms with Crippen LogP contribution in [-0.4, -0.2) is 59.4 Å². The fourth-order valence-corrected chi connectivity index (χ4v) is 2.75. The molecule has 0 atom stereocenters. The predicted octanol–water partition coefficient (Wildman–Crippen LogP) is 1.75. The second-order valence-corrected chi connectivity index (χ2v) is 5.99. The molecule has 25 heavy (non-hydrogen) atoms. The summed E-state index contributed by atoms with van der Waals surface area (Å²) in [5.41, 5.74) is 1.52. The highest BCUT2D eigenvalue weighted by Crippen LogP contribution is 2.13. The van der Waals surface area contributed by atoms with Crippen LogP contribution in [-0.2, 0) is 4.79 Å². The van der Waals surface area contributed by atoms with E-state index >= 15 is 0 Å². The predicted molar refractivity (Wildman–Crippen MR) is 93.4 cm³/mol. The number of hydrogen-bond donors (Lipinski definition) is 0. The molecule has 6 nitrogen and oxygen atoms in total. The molecule has 1 saturated heterocycles. The maximum atomic E-state index is 12.4. The number of pyridine rings is 1. The summed E-state index contributed by atoms with van der Waals surface area (Å²) in [7, 11) is 0. The number of piperazine rings is 1. The first-order valence-corrected chi connectivity index (χ1v) is 8.31. The number of aryl methyl sites for hydroxylation is 1. The van der Waals surface area contributed by atoms with E-state index in [1.54, 1.807) is 34.2 Å². The Bertz CT molecular complexity index is 741. The molecule has 0 saturated carbocycles. The van der Waals surface area contributed by atoms with Gasteiger partial charge >= 0.3 is 0 Å². The average molecular weight is 339 g/mol. The molecule has 0 radical (unpaired) electrons. The number of nitrogens with zero attached hydrogens (tertiary/aromatic N) is 3. The van der Waals surface area contributed by atoms with Gasteiger partial charge in [-0.15, -0.1) is 0 Å². The Labute approximate surface area is 147 Å². The van der Waals surface area contributed by atoms with Gasteiger partial charge in [0.05, 0.1) is 0 Å². The van der Waals surface area contributed by atoms with Crippen LogP contribution in [0.25, 0.3) is 0 Å². The van der Waals surface area contributed by atoms with Crippen LogP contribution in [0.2, 0.25) is 0 Å². The lowest BCUT2D eigenvalue weighted by atomic mass is 10.2. The molecular weight excluding hydrogens is 318 g/mol. The Morgan fingerprint density at radius 3 is 2.48 bits per heavy atom. The maximum absolute atomic E-state index is 12.4. The first-order chi connectivity index (χ1) is 12.1. The highest BCUT2D eigenvalue weighted by atomic mass is 16.5. The monoisotopic (exact) mass is 339 g/mol. The summed E-state index contributed by atoms with van der Waals surface area (Å²) >= 11 is 0. The van der Waals surface area contributed by atoms with E-state index in [4.69, 9.17) is 4.74 Å². The fraction of sp³-hybridized carbons (Fsp3) is 0.316. The molecular formula is C19H21N3O3. The zero-order chi connectivity index (χ0) is 17.6. The normalized spacial score (nSPS) is 14.3. The van der Waals surface area contributed by atoms with Gasteiger partial charge in [-0.1, -0.05) is 18.2 Å². The molecule has 0 unspecified atom stereocenters. The third-order valence-electron chi connectivity index (χ3n) is 4.16. The number of amides is 2. The van der Waals surface area contributed by atoms with E-state index in [-0.39, 0.29) is 18.4 Å². The topological polar surface area (TPSA) is 62.7 Å². The Kier molecular flexibility index (Phi) is 5.28. The van der Waals surface area contributed by atoms with Crippen LogP contribution in [0.3, 0.4) is 0 Å². The highest BCUT2D eigenvalue weighted by molar-refractivity contribution is 5.92. The van der Waals surface area contributed by atoms with Crippen molar-refractivity contribution in [3.05, 3.63) is 59.9 Å². The summed E-state index contributed by atoms with van der Waals surface area (Å²) in [6, 6.07) is 12.9. The van der Waals surface area contributed by atoms with Crippen molar-refractivity contribution in [3.8, 4) is 5.75 Å². The second kappa shape index (κ2) is 7.79. The van der Waals surface area contributed by atoms with Crippen molar-refractivity contribution in [3.63, 3.8) is 0 Å². The quantitative estimate of drug-likeness (QED) is 0.851. The number of aromatic nitrogens is 1. The van der Waals surface area contributed by atoms with Crippen molar-refractivity contribution < 1.29 is 14.3 Å². The van der Waals surface area contributed by atoms with Crippen molar-refractivity contribution >= 4 is 11.8 Å². The molecule has 2 heterocycles. The van der Waals surface area contributed by atoms with Crippen molar-refractivity contribution in [2.24, 2.45) is 0 Å². The highest BCUT2D eigenvalue weighted by Gasteiger charge is 2.25. The Morgan fingerprint density at radius 2 is 1.80 bits per heavy atom. The summed E-state index contributed by atoms with van der Waals surface area (Å²) in [4.78, 5) is 32.2. The molecule has 6 heteroatoms. The van der Waals surface area contributed by atoms with Crippen LogP contribution in [0.1, 0.15) is 16.1 Å². The van der Waals surface area contributed by atoms with E-state index in [0.29, 0.717) is 37.6 Å². The minimum atomic E-state index is -0.0938. The first-order valence-electron chi connectivity index (χ1n) is 8.31. The van der Waals surface area contributed by atoms with E-state index < -0.39 is 0 Å². The molecule has 1 aliphatic heterocycles. The van der Waals surface area contributed by atoms with Crippen molar-refractivity contribution in [1.29, 1.82) is 0 Å². The molecule has 3 rings (SSSR count). The summed E-state index contributed by atoms with van der Waals surface area (Å²) in [6.07, 6.45) is 1.61. The zero-order valence-corrected chi connectivity index (χ0v) is 14.2. The largest absolute Gasteiger partial charge is 0.484 e. The van der Waals surface area contributed by atoms with Crippen LogP contribution < -0.4 is 4.74 Å². The molecule has 130 valence electrons. The zero-order valence-electron chi connectivity index (χ0n) is 14.2. The van der Waals surface area contributed by atoms with E-state index in [2.05, 4.69) is 4.98 Å². The van der Waals surface area contributed by atoms with Crippen molar-refractivity contribution in [2.75, 3.05) is 32.8 Å². The van der Waals surface area contributed by atoms with E-state index in [1.807, 2.05) is 31.2 Å². The fourth-order valence-electron chi connectivity index (χ4n) is 2.75. The van der Waals surface area contributed by atoms with Gasteiger partial charge in [0.15, 0.2) is 6.61 Å². The van der Waals surface area contributed by atoms with E-state index in [0.717, 1.165) is 5.56 Å². The molecule has 1 aromatic heterocycles. The van der Waals surface area contributed by atoms with Gasteiger partial charge in [-0.3, -0.25) is 14.6 Å². The molecule has 0 spiro atoms. The first kappa shape index (κ1) is 17.0. The molecule has 1 fully saturated rings. The summed E-state index contributed by atoms with van der Waals surface area (Å²) < 4.78 is 5.56. The maximum Gasteiger partial charge on any atom is 0.272 e. The number of benzene rings is 1. The number of carbonyl (C=O) groups is 2. The third-order valence-corrected chi connectivity index (χ3v) is 4.16. The third kappa shape index (κ3) is 4.35. The number of ether oxygens (including phenoxy) is 1. The minimum absolute atomic E-state index is 0.0115. The standard InChI is InChI=1S/C19H21N3O3/c1-15-5-4-6-16(13-15)25-14-18(23)21-9-11-22(12-10-21)19(24)17-7-2-3-8-20-17/h2-8,13H,9-12,14H2,1H3. The SMILES string of the molecule is Cc1cccc(OCC(=O)N2CCN(C(=O)c3ccccn3)CC2)c1. The van der Waals surface area contributed by atoms with Crippen LogP contribution in [0.5, 0.6) is 5.75 Å². The Hall–Kier alpha value is -2.89. The summed E-state index contributed by atoms with van der Waals surface area (Å²) in [5, 5.41) is 0. The van der Waals surface area contributed by atoms with Crippen molar-refractivity contribution in [1.82, 2.24) is 14.8 Å². The molecule has 0 aliphatic carbocycles. The van der Waals surface area contributed by atoms with Crippen molar-refractivity contribution in [2.45, 2.75) is 6.92 Å². The van der Waals surface area contributed by atoms with Gasteiger partial charge in [-0.05, 0) is 36.8 Å². The van der Waals surface area contributed by atoms with Gasteiger partial charge in [0.25, 0.3) is 11.8 Å². The summed E-state index contributed by atoms with van der Waals surface area (Å²) in [5.74, 6) is 0.535. The lowest BCUT2D eigenvalue weighted by molar-refractivity contribution is -0.134. The second-order valence-electron chi connectivity index (χ2n) is 5.99. The molecule has 2 amide bonds. The van der Waals surface area contributed by atoms with Gasteiger partial charge in [-0.2, -0.15) is 0 Å². The minimum Gasteiger partial charge on any atom is -0.484 e. The van der Waals surface area contributed by atoms with Gasteiger partial charge < -0.3 is 14.5 Å². The van der Waals surface area contributed by atoms with Gasteiger partial charge in [-0.25, -0.2) is 0 Å². The van der Waals surface area contributed by atoms with Gasteiger partial charge in [0.1, 0.15) is 11.4 Å². The number of hydrogen-bond acceptors (Lipinski definition) is 4. The molecule has 0 N–H and O–H groups in total. The van der Waals surface area contributed by atoms with Crippen LogP contribution in [0.15, 0.2) is 48.7 Å². The van der Waals surface area contributed by atoms with Gasteiger partial charge in [0, 0.05) is 32.4 Å². The summed E-state index contributed by atoms with van der Waals surface area (Å²) in [6.45, 7) is 4.02. The van der Waals surface area contributed by atoms with Crippen LogP contribution in [0, 0.1) is 6.92 Å². The lowest BCUT2D eigenvalue weighted by Crippen LogP contribution is -2.51. The van der Waals surface area contributed by atoms with Crippen LogP contribution >= 0.6 is 0 Å². The smallest absolute Gasteiger partial charge is 0.272 e. The number of carbonyl (C=O) groups excluding carboxylic acids is 2. The molecule has 2 aromatic rings. The molecule has 0 bridgehead atoms. The lowest BCUT2D eigenvalue weighted by Gasteiger charge is -2.34. The van der Waals surface area contributed by atoms with Crippen LogP contribution in [0.4, 0.5) is 0 Å². The van der Waals surface area contributed by atoms with E-state index in [9.17, 15) is 9.59 Å². The Morgan fingerprint density at radius 1 is 1.04 bits per heavy atom. The number of rotatable bonds is 4. The Balaban J connectivity index is 1.48. The average Bonchev–Trinajstić information content (AvgIpc) is 2.66. The molecule has 1 aliphatic rings.